The van der Waals surface area contributed by atoms with Crippen LogP contribution in [0.15, 0.2) is 12.4 Å². The third-order valence-electron chi connectivity index (χ3n) is 2.37. The molecule has 0 amide bonds. The lowest BCUT2D eigenvalue weighted by Crippen LogP contribution is -2.20. The number of rotatable bonds is 3. The number of nitrogens with zero attached hydrogens (tertiary/aromatic N) is 2. The molecule has 1 aromatic heterocycles. The second kappa shape index (κ2) is 4.75. The fourth-order valence-corrected chi connectivity index (χ4v) is 1.07. The molecule has 0 atom stereocenters. The summed E-state index contributed by atoms with van der Waals surface area (Å²) in [5.74, 6) is 3.19. The monoisotopic (exact) mass is 232 g/mol. The number of aromatic nitrogens is 2. The fourth-order valence-electron chi connectivity index (χ4n) is 1.07. The third-order valence-corrected chi connectivity index (χ3v) is 2.37. The molecule has 1 heterocycles. The molecule has 0 unspecified atom stereocenters. The molecule has 0 spiro atoms. The van der Waals surface area contributed by atoms with E-state index in [4.69, 9.17) is 11.2 Å². The van der Waals surface area contributed by atoms with Gasteiger partial charge >= 0.3 is 0 Å². The Bertz CT molecular complexity index is 407. The second-order valence-corrected chi connectivity index (χ2v) is 5.81. The van der Waals surface area contributed by atoms with Crippen LogP contribution in [0, 0.1) is 17.8 Å². The molecule has 0 aromatic carbocycles. The summed E-state index contributed by atoms with van der Waals surface area (Å²) < 4.78 is 5.51. The van der Waals surface area contributed by atoms with E-state index in [1.165, 1.54) is 0 Å². The average Bonchev–Trinajstić information content (AvgIpc) is 2.26. The minimum atomic E-state index is -0.287. The number of terminal acetylenes is 1. The summed E-state index contributed by atoms with van der Waals surface area (Å²) in [5.41, 5.74) is 0.662. The SMILES string of the molecule is C#CC(C)(C)COc1cnc(C(C)(C)C)cn1. The highest BCUT2D eigenvalue weighted by molar-refractivity contribution is 5.14. The molecule has 0 bridgehead atoms. The van der Waals surface area contributed by atoms with E-state index in [0.29, 0.717) is 12.5 Å². The van der Waals surface area contributed by atoms with Gasteiger partial charge in [0.15, 0.2) is 0 Å². The lowest BCUT2D eigenvalue weighted by Gasteiger charge is -2.19. The molecule has 0 radical (unpaired) electrons. The van der Waals surface area contributed by atoms with E-state index in [9.17, 15) is 0 Å². The molecular weight excluding hydrogens is 212 g/mol. The van der Waals surface area contributed by atoms with Crippen molar-refractivity contribution in [1.82, 2.24) is 9.97 Å². The van der Waals surface area contributed by atoms with E-state index in [1.807, 2.05) is 13.8 Å². The molecule has 0 N–H and O–H groups in total. The highest BCUT2D eigenvalue weighted by Crippen LogP contribution is 2.20. The first kappa shape index (κ1) is 13.5. The van der Waals surface area contributed by atoms with Crippen LogP contribution in [0.2, 0.25) is 0 Å². The summed E-state index contributed by atoms with van der Waals surface area (Å²) >= 11 is 0. The Labute approximate surface area is 104 Å². The van der Waals surface area contributed by atoms with Crippen LogP contribution in [0.25, 0.3) is 0 Å². The average molecular weight is 232 g/mol. The smallest absolute Gasteiger partial charge is 0.232 e. The molecule has 0 fully saturated rings. The molecule has 92 valence electrons. The van der Waals surface area contributed by atoms with Gasteiger partial charge in [-0.3, -0.25) is 4.98 Å². The van der Waals surface area contributed by atoms with E-state index in [2.05, 4.69) is 36.7 Å². The van der Waals surface area contributed by atoms with Gasteiger partial charge in [0.1, 0.15) is 6.61 Å². The summed E-state index contributed by atoms with van der Waals surface area (Å²) in [6.07, 6.45) is 8.78. The normalized spacial score (nSPS) is 12.0. The van der Waals surface area contributed by atoms with Gasteiger partial charge in [-0.25, -0.2) is 4.98 Å². The molecular formula is C14H20N2O. The Morgan fingerprint density at radius 1 is 1.18 bits per heavy atom. The first-order valence-corrected chi connectivity index (χ1v) is 5.68. The maximum absolute atomic E-state index is 5.51. The van der Waals surface area contributed by atoms with Gasteiger partial charge in [-0.05, 0) is 13.8 Å². The van der Waals surface area contributed by atoms with Crippen LogP contribution in [0.5, 0.6) is 5.88 Å². The molecule has 0 saturated heterocycles. The summed E-state index contributed by atoms with van der Waals surface area (Å²) in [6.45, 7) is 10.6. The highest BCUT2D eigenvalue weighted by atomic mass is 16.5. The molecule has 0 aliphatic heterocycles. The summed E-state index contributed by atoms with van der Waals surface area (Å²) in [5, 5.41) is 0. The molecule has 1 rings (SSSR count). The van der Waals surface area contributed by atoms with E-state index in [-0.39, 0.29) is 10.8 Å². The predicted molar refractivity (Wildman–Crippen MR) is 68.8 cm³/mol. The minimum absolute atomic E-state index is 0.00359. The van der Waals surface area contributed by atoms with E-state index < -0.39 is 0 Å². The number of hydrogen-bond donors (Lipinski definition) is 0. The van der Waals surface area contributed by atoms with Crippen molar-refractivity contribution in [1.29, 1.82) is 0 Å². The van der Waals surface area contributed by atoms with Crippen LogP contribution in [0.1, 0.15) is 40.3 Å². The van der Waals surface area contributed by atoms with Gasteiger partial charge in [-0.15, -0.1) is 6.42 Å². The lowest BCUT2D eigenvalue weighted by atomic mass is 9.93. The van der Waals surface area contributed by atoms with Crippen LogP contribution < -0.4 is 4.74 Å². The van der Waals surface area contributed by atoms with Crippen molar-refractivity contribution in [3.05, 3.63) is 18.1 Å². The molecule has 1 aromatic rings. The Kier molecular flexibility index (Phi) is 3.77. The van der Waals surface area contributed by atoms with Gasteiger partial charge in [-0.2, -0.15) is 0 Å². The van der Waals surface area contributed by atoms with E-state index in [1.54, 1.807) is 12.4 Å². The van der Waals surface area contributed by atoms with Gasteiger partial charge in [0.05, 0.1) is 23.5 Å². The Morgan fingerprint density at radius 2 is 1.82 bits per heavy atom. The maximum Gasteiger partial charge on any atom is 0.232 e. The van der Waals surface area contributed by atoms with Crippen LogP contribution in [-0.4, -0.2) is 16.6 Å². The van der Waals surface area contributed by atoms with Gasteiger partial charge < -0.3 is 4.74 Å². The fraction of sp³-hybridized carbons (Fsp3) is 0.571. The van der Waals surface area contributed by atoms with Crippen molar-refractivity contribution in [3.8, 4) is 18.2 Å². The van der Waals surface area contributed by atoms with Crippen LogP contribution in [-0.2, 0) is 5.41 Å². The topological polar surface area (TPSA) is 35.0 Å². The van der Waals surface area contributed by atoms with Gasteiger partial charge in [0, 0.05) is 5.41 Å². The number of hydrogen-bond acceptors (Lipinski definition) is 3. The van der Waals surface area contributed by atoms with Gasteiger partial charge in [-0.1, -0.05) is 26.7 Å². The zero-order valence-electron chi connectivity index (χ0n) is 11.2. The van der Waals surface area contributed by atoms with Crippen LogP contribution >= 0.6 is 0 Å². The zero-order valence-corrected chi connectivity index (χ0v) is 11.2. The zero-order chi connectivity index (χ0) is 13.1. The third kappa shape index (κ3) is 4.07. The van der Waals surface area contributed by atoms with Crippen molar-refractivity contribution in [2.75, 3.05) is 6.61 Å². The maximum atomic E-state index is 5.51. The van der Waals surface area contributed by atoms with Crippen molar-refractivity contribution < 1.29 is 4.74 Å². The van der Waals surface area contributed by atoms with Crippen LogP contribution in [0.4, 0.5) is 0 Å². The van der Waals surface area contributed by atoms with E-state index >= 15 is 0 Å². The minimum Gasteiger partial charge on any atom is -0.475 e. The number of ether oxygens (including phenoxy) is 1. The van der Waals surface area contributed by atoms with Crippen molar-refractivity contribution in [2.45, 2.75) is 40.0 Å². The molecule has 17 heavy (non-hydrogen) atoms. The van der Waals surface area contributed by atoms with Crippen molar-refractivity contribution >= 4 is 0 Å². The van der Waals surface area contributed by atoms with Gasteiger partial charge in [0.2, 0.25) is 5.88 Å². The Hall–Kier alpha value is -1.56. The molecule has 0 aliphatic carbocycles. The quantitative estimate of drug-likeness (QED) is 0.752. The van der Waals surface area contributed by atoms with E-state index in [0.717, 1.165) is 5.69 Å². The van der Waals surface area contributed by atoms with Crippen molar-refractivity contribution in [2.24, 2.45) is 5.41 Å². The molecule has 0 aliphatic rings. The molecule has 3 heteroatoms. The first-order valence-electron chi connectivity index (χ1n) is 5.68. The summed E-state index contributed by atoms with van der Waals surface area (Å²) in [7, 11) is 0. The first-order chi connectivity index (χ1) is 7.74. The molecule has 3 nitrogen and oxygen atoms in total. The molecule has 0 saturated carbocycles. The Morgan fingerprint density at radius 3 is 2.24 bits per heavy atom. The lowest BCUT2D eigenvalue weighted by molar-refractivity contribution is 0.220. The van der Waals surface area contributed by atoms with Crippen molar-refractivity contribution in [3.63, 3.8) is 0 Å². The highest BCUT2D eigenvalue weighted by Gasteiger charge is 2.17. The summed E-state index contributed by atoms with van der Waals surface area (Å²) in [6, 6.07) is 0. The second-order valence-electron chi connectivity index (χ2n) is 5.81. The largest absolute Gasteiger partial charge is 0.475 e. The van der Waals surface area contributed by atoms with Gasteiger partial charge in [0.25, 0.3) is 0 Å². The van der Waals surface area contributed by atoms with Crippen LogP contribution in [0.3, 0.4) is 0 Å². The Balaban J connectivity index is 2.68. The summed E-state index contributed by atoms with van der Waals surface area (Å²) in [4.78, 5) is 8.57. The predicted octanol–water partition coefficient (Wildman–Crippen LogP) is 2.81. The standard InChI is InChI=1S/C14H20N2O/c1-7-14(5,6)10-17-12-9-15-11(8-16-12)13(2,3)4/h1,8-9H,10H2,2-6H3.